The Bertz CT molecular complexity index is 1420. The van der Waals surface area contributed by atoms with Crippen molar-refractivity contribution in [1.29, 1.82) is 0 Å². The fraction of sp³-hybridized carbons (Fsp3) is 0.639. The van der Waals surface area contributed by atoms with Gasteiger partial charge in [-0.1, -0.05) is 57.7 Å². The average molecular weight is 673 g/mol. The van der Waals surface area contributed by atoms with Crippen LogP contribution in [0.5, 0.6) is 0 Å². The smallest absolute Gasteiger partial charge is 0.341 e. The molecule has 1 saturated carbocycles. The van der Waals surface area contributed by atoms with Crippen molar-refractivity contribution in [1.82, 2.24) is 0 Å². The number of hydrogen-bond acceptors (Lipinski definition) is 12. The molecule has 0 bridgehead atoms. The predicted molar refractivity (Wildman–Crippen MR) is 170 cm³/mol. The van der Waals surface area contributed by atoms with Crippen LogP contribution in [-0.2, 0) is 42.9 Å². The van der Waals surface area contributed by atoms with E-state index in [1.807, 2.05) is 0 Å². The molecule has 0 unspecified atom stereocenters. The fourth-order valence-electron chi connectivity index (χ4n) is 7.33. The first-order valence-corrected chi connectivity index (χ1v) is 16.8. The van der Waals surface area contributed by atoms with Crippen LogP contribution < -0.4 is 0 Å². The molecule has 1 heterocycles. The summed E-state index contributed by atoms with van der Waals surface area (Å²) >= 11 is 0. The van der Waals surface area contributed by atoms with E-state index in [-0.39, 0.29) is 29.6 Å². The summed E-state index contributed by atoms with van der Waals surface area (Å²) < 4.78 is 29.5. The molecule has 12 nitrogen and oxygen atoms in total. The molecular formula is C36H48O12. The van der Waals surface area contributed by atoms with Crippen LogP contribution in [0.2, 0.25) is 0 Å². The Hall–Kier alpha value is -3.77. The minimum absolute atomic E-state index is 0.0281. The first-order valence-electron chi connectivity index (χ1n) is 16.8. The van der Waals surface area contributed by atoms with Crippen LogP contribution in [0, 0.1) is 5.92 Å². The molecule has 0 radical (unpaired) electrons. The molecule has 0 aromatic heterocycles. The molecule has 12 heteroatoms. The normalized spacial score (nSPS) is 32.4. The van der Waals surface area contributed by atoms with Crippen molar-refractivity contribution < 1.29 is 57.9 Å². The molecule has 1 aromatic carbocycles. The molecule has 48 heavy (non-hydrogen) atoms. The molecule has 264 valence electrons. The minimum Gasteiger partial charge on any atom is -0.459 e. The lowest BCUT2D eigenvalue weighted by atomic mass is 9.75. The predicted octanol–water partition coefficient (Wildman–Crippen LogP) is 4.28. The zero-order valence-corrected chi connectivity index (χ0v) is 28.6. The van der Waals surface area contributed by atoms with Crippen LogP contribution in [0.15, 0.2) is 41.5 Å². The molecule has 2 N–H and O–H groups in total. The van der Waals surface area contributed by atoms with E-state index in [1.54, 1.807) is 44.2 Å². The number of ether oxygens (including phenoxy) is 5. The van der Waals surface area contributed by atoms with Gasteiger partial charge in [-0.25, -0.2) is 9.59 Å². The largest absolute Gasteiger partial charge is 0.459 e. The zero-order chi connectivity index (χ0) is 35.4. The Morgan fingerprint density at radius 1 is 0.896 bits per heavy atom. The van der Waals surface area contributed by atoms with E-state index in [2.05, 4.69) is 6.92 Å². The van der Waals surface area contributed by atoms with Gasteiger partial charge in [0.1, 0.15) is 11.7 Å². The number of unbranched alkanes of at least 4 members (excludes halogenated alkanes) is 4. The maximum Gasteiger partial charge on any atom is 0.341 e. The molecule has 2 aliphatic carbocycles. The van der Waals surface area contributed by atoms with Gasteiger partial charge in [0.2, 0.25) is 0 Å². The third kappa shape index (κ3) is 7.01. The molecule has 0 spiro atoms. The highest BCUT2D eigenvalue weighted by Crippen LogP contribution is 2.57. The van der Waals surface area contributed by atoms with E-state index < -0.39 is 83.4 Å². The Labute approximate surface area is 281 Å². The standard InChI is InChI=1S/C36H48O12/c1-7-9-10-11-15-19-26(39)45-30-28-27(21(3)29(30)46-32(40)23-17-13-12-14-18-23)31-36(43,35(6,42)33(41)47-31)24(44-25(38)16-8-2)20-34(28,5)48-22(4)37/h12-14,17-18,24,28-31,42-43H,7-11,15-16,19-20H2,1-6H3/t24-,28+,29-,30-,31-,34-,35+,36+/m0/s1. The molecule has 1 aliphatic heterocycles. The lowest BCUT2D eigenvalue weighted by molar-refractivity contribution is -0.211. The third-order valence-electron chi connectivity index (χ3n) is 9.77. The van der Waals surface area contributed by atoms with Gasteiger partial charge in [-0.05, 0) is 56.9 Å². The summed E-state index contributed by atoms with van der Waals surface area (Å²) in [5, 5.41) is 24.0. The van der Waals surface area contributed by atoms with Gasteiger partial charge in [0.15, 0.2) is 29.5 Å². The summed E-state index contributed by atoms with van der Waals surface area (Å²) in [6, 6.07) is 8.17. The van der Waals surface area contributed by atoms with Crippen molar-refractivity contribution >= 4 is 29.8 Å². The second kappa shape index (κ2) is 14.8. The van der Waals surface area contributed by atoms with Crippen molar-refractivity contribution in [2.24, 2.45) is 5.92 Å². The number of esters is 5. The highest BCUT2D eigenvalue weighted by Gasteiger charge is 2.76. The highest BCUT2D eigenvalue weighted by molar-refractivity contribution is 5.90. The molecule has 2 fully saturated rings. The summed E-state index contributed by atoms with van der Waals surface area (Å²) in [6.07, 6.45) is -1.42. The number of hydrogen-bond donors (Lipinski definition) is 2. The summed E-state index contributed by atoms with van der Waals surface area (Å²) in [6.45, 7) is 9.18. The quantitative estimate of drug-likeness (QED) is 0.132. The van der Waals surface area contributed by atoms with Crippen LogP contribution >= 0.6 is 0 Å². The van der Waals surface area contributed by atoms with Gasteiger partial charge < -0.3 is 33.9 Å². The highest BCUT2D eigenvalue weighted by atomic mass is 16.6. The lowest BCUT2D eigenvalue weighted by Crippen LogP contribution is -2.64. The van der Waals surface area contributed by atoms with E-state index in [1.165, 1.54) is 13.8 Å². The van der Waals surface area contributed by atoms with Gasteiger partial charge in [0, 0.05) is 26.2 Å². The summed E-state index contributed by atoms with van der Waals surface area (Å²) in [4.78, 5) is 65.7. The van der Waals surface area contributed by atoms with Crippen LogP contribution in [0.1, 0.15) is 110 Å². The monoisotopic (exact) mass is 672 g/mol. The van der Waals surface area contributed by atoms with Gasteiger partial charge in [-0.15, -0.1) is 0 Å². The van der Waals surface area contributed by atoms with Crippen molar-refractivity contribution in [2.75, 3.05) is 0 Å². The molecule has 1 aromatic rings. The second-order valence-corrected chi connectivity index (χ2v) is 13.4. The van der Waals surface area contributed by atoms with Gasteiger partial charge >= 0.3 is 29.8 Å². The number of carbonyl (C=O) groups excluding carboxylic acids is 5. The third-order valence-corrected chi connectivity index (χ3v) is 9.77. The summed E-state index contributed by atoms with van der Waals surface area (Å²) in [5.41, 5.74) is -6.24. The Morgan fingerprint density at radius 3 is 2.17 bits per heavy atom. The maximum absolute atomic E-state index is 13.4. The van der Waals surface area contributed by atoms with Crippen molar-refractivity contribution in [2.45, 2.75) is 141 Å². The molecule has 8 atom stereocenters. The zero-order valence-electron chi connectivity index (χ0n) is 28.6. The van der Waals surface area contributed by atoms with Gasteiger partial charge in [-0.2, -0.15) is 0 Å². The average Bonchev–Trinajstić information content (AvgIpc) is 3.35. The van der Waals surface area contributed by atoms with E-state index in [4.69, 9.17) is 23.7 Å². The van der Waals surface area contributed by atoms with Gasteiger partial charge in [0.05, 0.1) is 11.5 Å². The second-order valence-electron chi connectivity index (χ2n) is 13.4. The minimum atomic E-state index is -2.59. The lowest BCUT2D eigenvalue weighted by Gasteiger charge is -2.41. The van der Waals surface area contributed by atoms with E-state index >= 15 is 0 Å². The van der Waals surface area contributed by atoms with E-state index in [0.717, 1.165) is 32.6 Å². The molecule has 4 rings (SSSR count). The van der Waals surface area contributed by atoms with Crippen LogP contribution in [-0.4, -0.2) is 81.3 Å². The first kappa shape index (κ1) is 37.1. The van der Waals surface area contributed by atoms with Crippen LogP contribution in [0.4, 0.5) is 0 Å². The number of rotatable bonds is 13. The number of aliphatic hydroxyl groups is 2. The van der Waals surface area contributed by atoms with Crippen LogP contribution in [0.25, 0.3) is 0 Å². The van der Waals surface area contributed by atoms with Gasteiger partial charge in [-0.3, -0.25) is 14.4 Å². The molecule has 1 saturated heterocycles. The van der Waals surface area contributed by atoms with E-state index in [9.17, 15) is 34.2 Å². The molecule has 3 aliphatic rings. The maximum atomic E-state index is 13.4. The number of fused-ring (bicyclic) bond motifs is 3. The summed E-state index contributed by atoms with van der Waals surface area (Å²) in [5.74, 6) is -5.10. The SMILES string of the molecule is CCCCCCCC(=O)O[C@H]1[C@H]2C(=C(C)[C@@H]1OC(=O)c1ccccc1)[C@@H]1OC(=O)[C@@](C)(O)[C@@]1(O)[C@@H](OC(=O)CCC)C[C@]2(C)OC(C)=O. The Kier molecular flexibility index (Phi) is 11.4. The van der Waals surface area contributed by atoms with E-state index in [0.29, 0.717) is 12.8 Å². The van der Waals surface area contributed by atoms with Crippen molar-refractivity contribution in [3.8, 4) is 0 Å². The first-order chi connectivity index (χ1) is 22.6. The topological polar surface area (TPSA) is 172 Å². The number of carbonyl (C=O) groups is 5. The molecular weight excluding hydrogens is 624 g/mol. The fourth-order valence-corrected chi connectivity index (χ4v) is 7.33. The van der Waals surface area contributed by atoms with Gasteiger partial charge in [0.25, 0.3) is 0 Å². The number of benzene rings is 1. The summed E-state index contributed by atoms with van der Waals surface area (Å²) in [7, 11) is 0. The van der Waals surface area contributed by atoms with Crippen molar-refractivity contribution in [3.63, 3.8) is 0 Å². The van der Waals surface area contributed by atoms with Crippen molar-refractivity contribution in [3.05, 3.63) is 47.0 Å². The van der Waals surface area contributed by atoms with Crippen LogP contribution in [0.3, 0.4) is 0 Å². The molecule has 0 amide bonds. The Morgan fingerprint density at radius 2 is 1.54 bits per heavy atom. The Balaban J connectivity index is 1.87.